The number of methoxy groups -OCH3 is 1. The number of hydrogen-bond donors (Lipinski definition) is 1. The molecule has 0 aliphatic heterocycles. The minimum atomic E-state index is -0.421. The van der Waals surface area contributed by atoms with Crippen LogP contribution >= 0.6 is 0 Å². The smallest absolute Gasteiger partial charge is 0.311 e. The third-order valence-corrected chi connectivity index (χ3v) is 3.53. The van der Waals surface area contributed by atoms with Crippen molar-refractivity contribution in [3.05, 3.63) is 57.9 Å². The first-order chi connectivity index (χ1) is 10.1. The molecule has 21 heavy (non-hydrogen) atoms. The molecule has 2 aromatic rings. The van der Waals surface area contributed by atoms with E-state index in [-0.39, 0.29) is 17.5 Å². The molecule has 0 fully saturated rings. The van der Waals surface area contributed by atoms with E-state index in [0.717, 1.165) is 11.3 Å². The molecule has 112 valence electrons. The molecule has 1 unspecified atom stereocenters. The van der Waals surface area contributed by atoms with Gasteiger partial charge in [0.15, 0.2) is 5.75 Å². The van der Waals surface area contributed by atoms with Gasteiger partial charge in [-0.1, -0.05) is 6.07 Å². The second kappa shape index (κ2) is 6.41. The SMILES string of the molecule is CNC(C)c1cccn1Cc1ccc(OC)c([N+](=O)[O-])c1. The predicted molar refractivity (Wildman–Crippen MR) is 80.7 cm³/mol. The molecule has 0 bridgehead atoms. The van der Waals surface area contributed by atoms with Crippen LogP contribution in [0.25, 0.3) is 0 Å². The number of hydrogen-bond acceptors (Lipinski definition) is 4. The van der Waals surface area contributed by atoms with E-state index in [0.29, 0.717) is 6.54 Å². The Bertz CT molecular complexity index is 637. The summed E-state index contributed by atoms with van der Waals surface area (Å²) < 4.78 is 7.09. The lowest BCUT2D eigenvalue weighted by molar-refractivity contribution is -0.385. The molecule has 0 aliphatic carbocycles. The van der Waals surface area contributed by atoms with Gasteiger partial charge >= 0.3 is 5.69 Å². The summed E-state index contributed by atoms with van der Waals surface area (Å²) in [6.45, 7) is 2.65. The fraction of sp³-hybridized carbons (Fsp3) is 0.333. The van der Waals surface area contributed by atoms with Crippen molar-refractivity contribution < 1.29 is 9.66 Å². The monoisotopic (exact) mass is 289 g/mol. The topological polar surface area (TPSA) is 69.3 Å². The van der Waals surface area contributed by atoms with Crippen molar-refractivity contribution in [2.75, 3.05) is 14.2 Å². The third kappa shape index (κ3) is 3.22. The fourth-order valence-corrected chi connectivity index (χ4v) is 2.29. The van der Waals surface area contributed by atoms with Crippen LogP contribution in [-0.4, -0.2) is 23.6 Å². The van der Waals surface area contributed by atoms with Crippen molar-refractivity contribution in [3.8, 4) is 5.75 Å². The number of rotatable bonds is 6. The van der Waals surface area contributed by atoms with Gasteiger partial charge in [0.1, 0.15) is 0 Å². The number of nitrogens with zero attached hydrogens (tertiary/aromatic N) is 2. The maximum atomic E-state index is 11.1. The molecule has 1 heterocycles. The van der Waals surface area contributed by atoms with Crippen LogP contribution in [0.3, 0.4) is 0 Å². The first kappa shape index (κ1) is 15.1. The standard InChI is InChI=1S/C15H19N3O3/c1-11(16-2)13-5-4-8-17(13)10-12-6-7-15(21-3)14(9-12)18(19)20/h4-9,11,16H,10H2,1-3H3. The maximum Gasteiger partial charge on any atom is 0.311 e. The summed E-state index contributed by atoms with van der Waals surface area (Å²) in [7, 11) is 3.33. The molecule has 1 atom stereocenters. The average Bonchev–Trinajstić information content (AvgIpc) is 2.94. The molecule has 0 saturated heterocycles. The molecule has 0 amide bonds. The Hall–Kier alpha value is -2.34. The van der Waals surface area contributed by atoms with Crippen LogP contribution < -0.4 is 10.1 Å². The number of nitrogens with one attached hydrogen (secondary N) is 1. The summed E-state index contributed by atoms with van der Waals surface area (Å²) in [5.41, 5.74) is 1.99. The van der Waals surface area contributed by atoms with Crippen LogP contribution in [0.2, 0.25) is 0 Å². The number of aromatic nitrogens is 1. The highest BCUT2D eigenvalue weighted by molar-refractivity contribution is 5.48. The summed E-state index contributed by atoms with van der Waals surface area (Å²) in [5.74, 6) is 0.278. The number of nitro groups is 1. The lowest BCUT2D eigenvalue weighted by atomic mass is 10.1. The molecule has 0 spiro atoms. The molecular formula is C15H19N3O3. The zero-order chi connectivity index (χ0) is 15.4. The van der Waals surface area contributed by atoms with Crippen molar-refractivity contribution >= 4 is 5.69 Å². The van der Waals surface area contributed by atoms with Crippen molar-refractivity contribution in [1.82, 2.24) is 9.88 Å². The van der Waals surface area contributed by atoms with Gasteiger partial charge in [-0.3, -0.25) is 10.1 Å². The van der Waals surface area contributed by atoms with E-state index in [2.05, 4.69) is 16.8 Å². The number of ether oxygens (including phenoxy) is 1. The Morgan fingerprint density at radius 3 is 2.81 bits per heavy atom. The lowest BCUT2D eigenvalue weighted by Gasteiger charge is -2.15. The van der Waals surface area contributed by atoms with E-state index in [1.807, 2.05) is 31.4 Å². The summed E-state index contributed by atoms with van der Waals surface area (Å²) in [5, 5.41) is 14.3. The van der Waals surface area contributed by atoms with Gasteiger partial charge in [0, 0.05) is 30.5 Å². The van der Waals surface area contributed by atoms with Crippen molar-refractivity contribution in [2.45, 2.75) is 19.5 Å². The van der Waals surface area contributed by atoms with E-state index in [4.69, 9.17) is 4.74 Å². The molecule has 1 aromatic carbocycles. The van der Waals surface area contributed by atoms with Crippen LogP contribution in [0.4, 0.5) is 5.69 Å². The zero-order valence-corrected chi connectivity index (χ0v) is 12.4. The van der Waals surface area contributed by atoms with Gasteiger partial charge in [0.25, 0.3) is 0 Å². The van der Waals surface area contributed by atoms with Gasteiger partial charge in [-0.2, -0.15) is 0 Å². The van der Waals surface area contributed by atoms with Crippen molar-refractivity contribution in [3.63, 3.8) is 0 Å². The quantitative estimate of drug-likeness (QED) is 0.655. The van der Waals surface area contributed by atoms with Gasteiger partial charge in [0.2, 0.25) is 0 Å². The van der Waals surface area contributed by atoms with Crippen LogP contribution in [0.15, 0.2) is 36.5 Å². The van der Waals surface area contributed by atoms with Crippen LogP contribution in [0.5, 0.6) is 5.75 Å². The first-order valence-corrected chi connectivity index (χ1v) is 6.70. The normalized spacial score (nSPS) is 12.1. The number of nitro benzene ring substituents is 1. The Morgan fingerprint density at radius 2 is 2.19 bits per heavy atom. The molecule has 0 saturated carbocycles. The molecule has 1 N–H and O–H groups in total. The molecule has 6 nitrogen and oxygen atoms in total. The Labute approximate surface area is 123 Å². The fourth-order valence-electron chi connectivity index (χ4n) is 2.29. The van der Waals surface area contributed by atoms with Gasteiger partial charge < -0.3 is 14.6 Å². The van der Waals surface area contributed by atoms with Crippen LogP contribution in [0, 0.1) is 10.1 Å². The minimum Gasteiger partial charge on any atom is -0.490 e. The number of benzene rings is 1. The molecule has 1 aromatic heterocycles. The maximum absolute atomic E-state index is 11.1. The van der Waals surface area contributed by atoms with Gasteiger partial charge in [-0.15, -0.1) is 0 Å². The van der Waals surface area contributed by atoms with E-state index < -0.39 is 4.92 Å². The largest absolute Gasteiger partial charge is 0.490 e. The highest BCUT2D eigenvalue weighted by Gasteiger charge is 2.16. The minimum absolute atomic E-state index is 0.00892. The molecule has 0 radical (unpaired) electrons. The van der Waals surface area contributed by atoms with Crippen molar-refractivity contribution in [2.24, 2.45) is 0 Å². The Morgan fingerprint density at radius 1 is 1.43 bits per heavy atom. The summed E-state index contributed by atoms with van der Waals surface area (Å²) >= 11 is 0. The first-order valence-electron chi connectivity index (χ1n) is 6.70. The van der Waals surface area contributed by atoms with E-state index in [1.165, 1.54) is 7.11 Å². The van der Waals surface area contributed by atoms with E-state index in [1.54, 1.807) is 12.1 Å². The Kier molecular flexibility index (Phi) is 4.59. The van der Waals surface area contributed by atoms with E-state index in [9.17, 15) is 10.1 Å². The summed E-state index contributed by atoms with van der Waals surface area (Å²) in [4.78, 5) is 10.6. The van der Waals surface area contributed by atoms with Gasteiger partial charge in [-0.05, 0) is 37.7 Å². The summed E-state index contributed by atoms with van der Waals surface area (Å²) in [6.07, 6.45) is 1.97. The van der Waals surface area contributed by atoms with Gasteiger partial charge in [0.05, 0.1) is 12.0 Å². The van der Waals surface area contributed by atoms with E-state index >= 15 is 0 Å². The molecule has 6 heteroatoms. The zero-order valence-electron chi connectivity index (χ0n) is 12.4. The average molecular weight is 289 g/mol. The molecule has 2 rings (SSSR count). The predicted octanol–water partition coefficient (Wildman–Crippen LogP) is 2.73. The third-order valence-electron chi connectivity index (χ3n) is 3.53. The van der Waals surface area contributed by atoms with Gasteiger partial charge in [-0.25, -0.2) is 0 Å². The second-order valence-corrected chi connectivity index (χ2v) is 4.83. The van der Waals surface area contributed by atoms with Crippen molar-refractivity contribution in [1.29, 1.82) is 0 Å². The van der Waals surface area contributed by atoms with Crippen LogP contribution in [-0.2, 0) is 6.54 Å². The highest BCUT2D eigenvalue weighted by atomic mass is 16.6. The molecular weight excluding hydrogens is 270 g/mol. The van der Waals surface area contributed by atoms with Crippen LogP contribution in [0.1, 0.15) is 24.2 Å². The second-order valence-electron chi connectivity index (χ2n) is 4.83. The highest BCUT2D eigenvalue weighted by Crippen LogP contribution is 2.28. The molecule has 0 aliphatic rings. The Balaban J connectivity index is 2.30. The summed E-state index contributed by atoms with van der Waals surface area (Å²) in [6, 6.07) is 9.28. The lowest BCUT2D eigenvalue weighted by Crippen LogP contribution is -2.16.